The number of thiophene rings is 1. The number of nitrogens with one attached hydrogen (secondary N) is 1. The van der Waals surface area contributed by atoms with Gasteiger partial charge in [0.05, 0.1) is 3.79 Å². The zero-order valence-electron chi connectivity index (χ0n) is 8.61. The van der Waals surface area contributed by atoms with Crippen molar-refractivity contribution in [3.63, 3.8) is 0 Å². The first-order chi connectivity index (χ1) is 7.74. The standard InChI is InChI=1S/C11H12BrN3S/c12-9-5-4-8(16-9)6-7-14-11-3-1-2-10(13)15-11/h1-5H,6-7H2,(H3,13,14,15). The highest BCUT2D eigenvalue weighted by molar-refractivity contribution is 9.11. The summed E-state index contributed by atoms with van der Waals surface area (Å²) in [5, 5.41) is 3.24. The molecule has 0 amide bonds. The first-order valence-corrected chi connectivity index (χ1v) is 6.55. The predicted molar refractivity (Wildman–Crippen MR) is 72.9 cm³/mol. The summed E-state index contributed by atoms with van der Waals surface area (Å²) in [6.45, 7) is 0.864. The first-order valence-electron chi connectivity index (χ1n) is 4.94. The third-order valence-electron chi connectivity index (χ3n) is 2.08. The van der Waals surface area contributed by atoms with Gasteiger partial charge in [-0.3, -0.25) is 0 Å². The molecule has 0 aromatic carbocycles. The lowest BCUT2D eigenvalue weighted by atomic mass is 10.3. The first kappa shape index (κ1) is 11.4. The zero-order chi connectivity index (χ0) is 11.4. The van der Waals surface area contributed by atoms with Crippen LogP contribution in [0.3, 0.4) is 0 Å². The second-order valence-electron chi connectivity index (χ2n) is 3.33. The number of halogens is 1. The maximum absolute atomic E-state index is 5.59. The number of nitrogen functional groups attached to an aromatic ring is 1. The molecule has 0 aliphatic carbocycles. The van der Waals surface area contributed by atoms with Crippen molar-refractivity contribution < 1.29 is 0 Å². The average Bonchev–Trinajstić information content (AvgIpc) is 2.64. The summed E-state index contributed by atoms with van der Waals surface area (Å²) in [4.78, 5) is 5.52. The number of pyridine rings is 1. The van der Waals surface area contributed by atoms with Crippen LogP contribution in [0.25, 0.3) is 0 Å². The third kappa shape index (κ3) is 3.21. The van der Waals surface area contributed by atoms with Crippen molar-refractivity contribution in [2.45, 2.75) is 6.42 Å². The van der Waals surface area contributed by atoms with Gasteiger partial charge in [0.25, 0.3) is 0 Å². The molecular formula is C11H12BrN3S. The van der Waals surface area contributed by atoms with Crippen molar-refractivity contribution in [1.82, 2.24) is 4.98 Å². The molecule has 2 heterocycles. The van der Waals surface area contributed by atoms with Crippen LogP contribution in [0.1, 0.15) is 4.88 Å². The normalized spacial score (nSPS) is 10.3. The fourth-order valence-electron chi connectivity index (χ4n) is 1.35. The Morgan fingerprint density at radius 3 is 2.88 bits per heavy atom. The van der Waals surface area contributed by atoms with Gasteiger partial charge in [-0.25, -0.2) is 4.98 Å². The highest BCUT2D eigenvalue weighted by Crippen LogP contribution is 2.22. The van der Waals surface area contributed by atoms with Crippen LogP contribution in [0, 0.1) is 0 Å². The molecule has 0 atom stereocenters. The molecule has 0 aliphatic heterocycles. The van der Waals surface area contributed by atoms with E-state index in [1.54, 1.807) is 17.4 Å². The molecule has 0 unspecified atom stereocenters. The van der Waals surface area contributed by atoms with E-state index in [4.69, 9.17) is 5.73 Å². The van der Waals surface area contributed by atoms with Gasteiger partial charge >= 0.3 is 0 Å². The number of aromatic nitrogens is 1. The molecule has 2 aromatic heterocycles. The Hall–Kier alpha value is -1.07. The SMILES string of the molecule is Nc1cccc(NCCc2ccc(Br)s2)n1. The van der Waals surface area contributed by atoms with E-state index in [1.165, 1.54) is 8.66 Å². The molecule has 0 fully saturated rings. The summed E-state index contributed by atoms with van der Waals surface area (Å²) in [6.07, 6.45) is 0.993. The highest BCUT2D eigenvalue weighted by atomic mass is 79.9. The minimum atomic E-state index is 0.545. The number of hydrogen-bond donors (Lipinski definition) is 2. The van der Waals surface area contributed by atoms with Gasteiger partial charge in [-0.1, -0.05) is 6.07 Å². The molecule has 16 heavy (non-hydrogen) atoms. The van der Waals surface area contributed by atoms with E-state index in [1.807, 2.05) is 12.1 Å². The van der Waals surface area contributed by atoms with Gasteiger partial charge in [-0.05, 0) is 46.6 Å². The van der Waals surface area contributed by atoms with Gasteiger partial charge < -0.3 is 11.1 Å². The van der Waals surface area contributed by atoms with Crippen LogP contribution < -0.4 is 11.1 Å². The van der Waals surface area contributed by atoms with E-state index in [2.05, 4.69) is 38.4 Å². The summed E-state index contributed by atoms with van der Waals surface area (Å²) in [7, 11) is 0. The molecule has 84 valence electrons. The summed E-state index contributed by atoms with van der Waals surface area (Å²) in [5.74, 6) is 1.37. The molecular weight excluding hydrogens is 286 g/mol. The monoisotopic (exact) mass is 297 g/mol. The summed E-state index contributed by atoms with van der Waals surface area (Å²) < 4.78 is 1.17. The molecule has 3 nitrogen and oxygen atoms in total. The predicted octanol–water partition coefficient (Wildman–Crippen LogP) is 3.14. The van der Waals surface area contributed by atoms with Crippen molar-refractivity contribution in [3.05, 3.63) is 39.0 Å². The Balaban J connectivity index is 1.84. The van der Waals surface area contributed by atoms with Gasteiger partial charge in [-0.15, -0.1) is 11.3 Å². The smallest absolute Gasteiger partial charge is 0.128 e. The number of nitrogens with two attached hydrogens (primary N) is 1. The van der Waals surface area contributed by atoms with Crippen molar-refractivity contribution >= 4 is 38.9 Å². The molecule has 2 rings (SSSR count). The Morgan fingerprint density at radius 1 is 1.31 bits per heavy atom. The van der Waals surface area contributed by atoms with E-state index >= 15 is 0 Å². The average molecular weight is 298 g/mol. The van der Waals surface area contributed by atoms with Crippen LogP contribution in [-0.2, 0) is 6.42 Å². The molecule has 0 bridgehead atoms. The lowest BCUT2D eigenvalue weighted by Gasteiger charge is -2.04. The third-order valence-corrected chi connectivity index (χ3v) is 3.76. The van der Waals surface area contributed by atoms with Gasteiger partial charge in [0.15, 0.2) is 0 Å². The van der Waals surface area contributed by atoms with Crippen LogP contribution in [-0.4, -0.2) is 11.5 Å². The number of anilines is 2. The van der Waals surface area contributed by atoms with E-state index in [-0.39, 0.29) is 0 Å². The quantitative estimate of drug-likeness (QED) is 0.911. The summed E-state index contributed by atoms with van der Waals surface area (Å²) >= 11 is 5.21. The molecule has 0 saturated carbocycles. The molecule has 0 spiro atoms. The second-order valence-corrected chi connectivity index (χ2v) is 5.88. The highest BCUT2D eigenvalue weighted by Gasteiger charge is 1.98. The van der Waals surface area contributed by atoms with E-state index in [0.717, 1.165) is 18.8 Å². The van der Waals surface area contributed by atoms with Crippen molar-refractivity contribution in [3.8, 4) is 0 Å². The Bertz CT molecular complexity index is 470. The van der Waals surface area contributed by atoms with Crippen LogP contribution in [0.4, 0.5) is 11.6 Å². The van der Waals surface area contributed by atoms with Crippen molar-refractivity contribution in [1.29, 1.82) is 0 Å². The number of hydrogen-bond acceptors (Lipinski definition) is 4. The minimum absolute atomic E-state index is 0.545. The number of nitrogens with zero attached hydrogens (tertiary/aromatic N) is 1. The van der Waals surface area contributed by atoms with Gasteiger partial charge in [0.2, 0.25) is 0 Å². The van der Waals surface area contributed by atoms with Crippen molar-refractivity contribution in [2.75, 3.05) is 17.6 Å². The molecule has 2 aromatic rings. The summed E-state index contributed by atoms with van der Waals surface area (Å²) in [6, 6.07) is 9.79. The van der Waals surface area contributed by atoms with Gasteiger partial charge in [0.1, 0.15) is 11.6 Å². The van der Waals surface area contributed by atoms with E-state index in [0.29, 0.717) is 5.82 Å². The van der Waals surface area contributed by atoms with Crippen LogP contribution in [0.2, 0.25) is 0 Å². The van der Waals surface area contributed by atoms with Crippen LogP contribution in [0.5, 0.6) is 0 Å². The molecule has 3 N–H and O–H groups in total. The number of rotatable bonds is 4. The van der Waals surface area contributed by atoms with E-state index < -0.39 is 0 Å². The van der Waals surface area contributed by atoms with Crippen LogP contribution >= 0.6 is 27.3 Å². The van der Waals surface area contributed by atoms with Crippen molar-refractivity contribution in [2.24, 2.45) is 0 Å². The second kappa shape index (κ2) is 5.32. The minimum Gasteiger partial charge on any atom is -0.384 e. The van der Waals surface area contributed by atoms with Gasteiger partial charge in [0, 0.05) is 11.4 Å². The Morgan fingerprint density at radius 2 is 2.19 bits per heavy atom. The lowest BCUT2D eigenvalue weighted by Crippen LogP contribution is -2.06. The fraction of sp³-hybridized carbons (Fsp3) is 0.182. The maximum Gasteiger partial charge on any atom is 0.128 e. The molecule has 0 aliphatic rings. The van der Waals surface area contributed by atoms with Crippen LogP contribution in [0.15, 0.2) is 34.1 Å². The fourth-order valence-corrected chi connectivity index (χ4v) is 2.83. The Labute approximate surface area is 107 Å². The molecule has 0 radical (unpaired) electrons. The lowest BCUT2D eigenvalue weighted by molar-refractivity contribution is 1.03. The summed E-state index contributed by atoms with van der Waals surface area (Å²) in [5.41, 5.74) is 5.59. The largest absolute Gasteiger partial charge is 0.384 e. The topological polar surface area (TPSA) is 50.9 Å². The molecule has 0 saturated heterocycles. The molecule has 5 heteroatoms. The maximum atomic E-state index is 5.59. The zero-order valence-corrected chi connectivity index (χ0v) is 11.0. The van der Waals surface area contributed by atoms with Gasteiger partial charge in [-0.2, -0.15) is 0 Å². The Kier molecular flexibility index (Phi) is 3.79. The van der Waals surface area contributed by atoms with E-state index in [9.17, 15) is 0 Å².